The fraction of sp³-hybridized carbons (Fsp3) is 0.765. The van der Waals surface area contributed by atoms with Gasteiger partial charge in [0.15, 0.2) is 18.9 Å². The topological polar surface area (TPSA) is 299 Å². The number of carbonyl (C=O) groups excluding carboxylic acids is 2. The van der Waals surface area contributed by atoms with Crippen molar-refractivity contribution in [1.82, 2.24) is 0 Å². The zero-order valence-corrected chi connectivity index (χ0v) is 29.8. The molecule has 0 aromatic rings. The summed E-state index contributed by atoms with van der Waals surface area (Å²) in [5, 5.41) is 91.7. The number of carbonyl (C=O) groups is 2. The van der Waals surface area contributed by atoms with E-state index in [2.05, 4.69) is 6.58 Å². The van der Waals surface area contributed by atoms with Crippen molar-refractivity contribution in [2.24, 2.45) is 29.6 Å². The van der Waals surface area contributed by atoms with Crippen LogP contribution in [0.2, 0.25) is 0 Å². The molecular weight excluding hydrogens is 728 g/mol. The molecule has 5 aliphatic rings. The quantitative estimate of drug-likeness (QED) is 0.0493. The van der Waals surface area contributed by atoms with Crippen LogP contribution >= 0.6 is 0 Å². The van der Waals surface area contributed by atoms with E-state index >= 15 is 0 Å². The molecule has 19 atom stereocenters. The Kier molecular flexibility index (Phi) is 14.1. The zero-order chi connectivity index (χ0) is 39.6. The standard InChI is InChI=1S/C34H50O20/c1-5-13-14(7-21(37)46-3)16(10-48-31(13)53-33-27(42)25(40)23(38)19(8-35)51-33)30(45)50-18-6-15-17(29(44)47-4)11-49-32(22(15)12(18)2)54-34-28(43)26(41)24(39)20(9-36)52-34/h5,10-15,18-28,31-43H,1,6-9H2,2-4H3. The van der Waals surface area contributed by atoms with Gasteiger partial charge < -0.3 is 88.6 Å². The summed E-state index contributed by atoms with van der Waals surface area (Å²) in [6, 6.07) is 0. The monoisotopic (exact) mass is 778 g/mol. The second-order valence-electron chi connectivity index (χ2n) is 13.9. The number of aliphatic hydroxyl groups is 9. The lowest BCUT2D eigenvalue weighted by Crippen LogP contribution is -2.60. The first kappa shape index (κ1) is 42.3. The average Bonchev–Trinajstić information content (AvgIpc) is 3.49. The van der Waals surface area contributed by atoms with Crippen molar-refractivity contribution < 1.29 is 98.2 Å². The van der Waals surface area contributed by atoms with Gasteiger partial charge in [-0.3, -0.25) is 0 Å². The molecule has 0 aromatic carbocycles. The summed E-state index contributed by atoms with van der Waals surface area (Å²) in [5.74, 6) is -5.48. The van der Waals surface area contributed by atoms with E-state index in [4.69, 9.17) is 42.6 Å². The largest absolute Gasteiger partial charge is 0.472 e. The smallest absolute Gasteiger partial charge is 0.337 e. The second-order valence-corrected chi connectivity index (χ2v) is 13.9. The molecule has 0 spiro atoms. The lowest BCUT2D eigenvalue weighted by molar-refractivity contribution is -0.342. The summed E-state index contributed by atoms with van der Waals surface area (Å²) < 4.78 is 50.3. The fourth-order valence-corrected chi connectivity index (χ4v) is 7.66. The lowest BCUT2D eigenvalue weighted by atomic mass is 9.81. The summed E-state index contributed by atoms with van der Waals surface area (Å²) in [4.78, 5) is 26.8. The molecule has 0 radical (unpaired) electrons. The van der Waals surface area contributed by atoms with Crippen LogP contribution in [0.25, 0.3) is 0 Å². The van der Waals surface area contributed by atoms with Crippen LogP contribution in [-0.2, 0) is 52.2 Å². The van der Waals surface area contributed by atoms with Crippen LogP contribution in [0.15, 0.2) is 36.3 Å². The first-order valence-corrected chi connectivity index (χ1v) is 17.5. The van der Waals surface area contributed by atoms with E-state index in [-0.39, 0.29) is 24.0 Å². The van der Waals surface area contributed by atoms with Gasteiger partial charge in [0, 0.05) is 43.1 Å². The summed E-state index contributed by atoms with van der Waals surface area (Å²) in [6.45, 7) is 4.13. The maximum absolute atomic E-state index is 14.0. The number of methoxy groups -OCH3 is 2. The minimum absolute atomic E-state index is 0.0687. The van der Waals surface area contributed by atoms with Gasteiger partial charge in [0.05, 0.1) is 44.0 Å². The first-order chi connectivity index (χ1) is 25.7. The number of rotatable bonds is 13. The Bertz CT molecular complexity index is 1370. The molecule has 1 aliphatic carbocycles. The van der Waals surface area contributed by atoms with E-state index in [1.54, 1.807) is 6.92 Å². The molecule has 4 heterocycles. The number of fused-ring (bicyclic) bond motifs is 1. The molecular formula is C34H50O20. The van der Waals surface area contributed by atoms with Crippen LogP contribution in [-0.4, -0.2) is 172 Å². The zero-order valence-electron chi connectivity index (χ0n) is 29.8. The maximum Gasteiger partial charge on any atom is 0.337 e. The van der Waals surface area contributed by atoms with Crippen LogP contribution in [0, 0.1) is 29.6 Å². The van der Waals surface area contributed by atoms with Crippen molar-refractivity contribution in [2.75, 3.05) is 27.4 Å². The Morgan fingerprint density at radius 1 is 0.815 bits per heavy atom. The van der Waals surface area contributed by atoms with E-state index in [9.17, 15) is 55.5 Å². The molecule has 3 fully saturated rings. The Balaban J connectivity index is 1.36. The molecule has 19 unspecified atom stereocenters. The molecule has 0 amide bonds. The molecule has 20 heteroatoms. The van der Waals surface area contributed by atoms with E-state index in [0.717, 1.165) is 12.5 Å². The van der Waals surface area contributed by atoms with Crippen LogP contribution in [0.3, 0.4) is 0 Å². The normalized spacial score (nSPS) is 44.1. The minimum atomic E-state index is -1.76. The molecule has 0 bridgehead atoms. The highest BCUT2D eigenvalue weighted by Crippen LogP contribution is 2.49. The highest BCUT2D eigenvalue weighted by molar-refractivity contribution is 5.90. The van der Waals surface area contributed by atoms with Crippen LogP contribution in [0.1, 0.15) is 19.8 Å². The van der Waals surface area contributed by atoms with E-state index in [0.29, 0.717) is 0 Å². The molecule has 5 rings (SSSR count). The number of aliphatic hydroxyl groups excluding tert-OH is 9. The number of esters is 2. The molecule has 54 heavy (non-hydrogen) atoms. The van der Waals surface area contributed by atoms with Crippen molar-refractivity contribution in [3.05, 3.63) is 36.3 Å². The summed E-state index contributed by atoms with van der Waals surface area (Å²) in [5.41, 5.74) is 0.0450. The van der Waals surface area contributed by atoms with Gasteiger partial charge in [0.2, 0.25) is 12.6 Å². The van der Waals surface area contributed by atoms with E-state index in [1.165, 1.54) is 20.3 Å². The highest BCUT2D eigenvalue weighted by atomic mass is 16.8. The summed E-state index contributed by atoms with van der Waals surface area (Å²) >= 11 is 0. The van der Waals surface area contributed by atoms with Gasteiger partial charge in [-0.1, -0.05) is 13.0 Å². The third-order valence-corrected chi connectivity index (χ3v) is 10.8. The van der Waals surface area contributed by atoms with Crippen molar-refractivity contribution in [3.63, 3.8) is 0 Å². The fourth-order valence-electron chi connectivity index (χ4n) is 7.66. The van der Waals surface area contributed by atoms with Crippen molar-refractivity contribution in [3.8, 4) is 0 Å². The SMILES string of the molecule is C=CC1C(OC2OC(CO)C(O)C(O)C2O)OC=C(C(=O)OC2CC3C(C(=O)OC)=COC(OC4OC(CO)C(O)C(O)C4O)C3C2C)C1CC(O)OC. The summed E-state index contributed by atoms with van der Waals surface area (Å²) in [6.07, 6.45) is -17.4. The van der Waals surface area contributed by atoms with Crippen molar-refractivity contribution in [2.45, 2.75) is 106 Å². The van der Waals surface area contributed by atoms with Crippen LogP contribution in [0.4, 0.5) is 0 Å². The number of hydrogen-bond acceptors (Lipinski definition) is 20. The molecule has 2 saturated heterocycles. The number of hydrogen-bond donors (Lipinski definition) is 9. The first-order valence-electron chi connectivity index (χ1n) is 17.5. The van der Waals surface area contributed by atoms with Gasteiger partial charge in [-0.2, -0.15) is 0 Å². The van der Waals surface area contributed by atoms with Gasteiger partial charge >= 0.3 is 11.9 Å². The van der Waals surface area contributed by atoms with Gasteiger partial charge in [-0.15, -0.1) is 6.58 Å². The molecule has 0 aromatic heterocycles. The second kappa shape index (κ2) is 18.0. The maximum atomic E-state index is 14.0. The van der Waals surface area contributed by atoms with E-state index < -0.39 is 141 Å². The Hall–Kier alpha value is -2.80. The Labute approximate surface area is 309 Å². The van der Waals surface area contributed by atoms with Crippen molar-refractivity contribution >= 4 is 11.9 Å². The van der Waals surface area contributed by atoms with Gasteiger partial charge in [-0.25, -0.2) is 9.59 Å². The van der Waals surface area contributed by atoms with Gasteiger partial charge in [0.1, 0.15) is 54.9 Å². The molecule has 306 valence electrons. The third kappa shape index (κ3) is 8.32. The average molecular weight is 779 g/mol. The van der Waals surface area contributed by atoms with Crippen LogP contribution < -0.4 is 0 Å². The minimum Gasteiger partial charge on any atom is -0.472 e. The van der Waals surface area contributed by atoms with Gasteiger partial charge in [-0.05, 0) is 6.42 Å². The van der Waals surface area contributed by atoms with E-state index in [1.807, 2.05) is 0 Å². The molecule has 20 nitrogen and oxygen atoms in total. The Morgan fingerprint density at radius 2 is 1.35 bits per heavy atom. The van der Waals surface area contributed by atoms with Gasteiger partial charge in [0.25, 0.3) is 0 Å². The predicted molar refractivity (Wildman–Crippen MR) is 173 cm³/mol. The van der Waals surface area contributed by atoms with Crippen LogP contribution in [0.5, 0.6) is 0 Å². The summed E-state index contributed by atoms with van der Waals surface area (Å²) in [7, 11) is 2.43. The van der Waals surface area contributed by atoms with Crippen molar-refractivity contribution in [1.29, 1.82) is 0 Å². The predicted octanol–water partition coefficient (Wildman–Crippen LogP) is -3.77. The Morgan fingerprint density at radius 3 is 1.87 bits per heavy atom. The molecule has 9 N–H and O–H groups in total. The lowest BCUT2D eigenvalue weighted by Gasteiger charge is -2.43. The number of ether oxygens (including phenoxy) is 9. The molecule has 4 aliphatic heterocycles. The third-order valence-electron chi connectivity index (χ3n) is 10.8. The molecule has 1 saturated carbocycles. The highest BCUT2D eigenvalue weighted by Gasteiger charge is 2.55.